The van der Waals surface area contributed by atoms with Gasteiger partial charge >= 0.3 is 5.97 Å². The average Bonchev–Trinajstić information content (AvgIpc) is 2.42. The van der Waals surface area contributed by atoms with Crippen molar-refractivity contribution >= 4 is 5.97 Å². The van der Waals surface area contributed by atoms with Crippen molar-refractivity contribution in [3.05, 3.63) is 67.3 Å². The standard InChI is InChI=1S/C15H12O3/c1-2-15(16)18-14-11-7-6-10-13(14)17-12-8-4-3-5-9-12/h2-11H,1H2. The van der Waals surface area contributed by atoms with Gasteiger partial charge in [0.1, 0.15) is 5.75 Å². The van der Waals surface area contributed by atoms with Gasteiger partial charge in [-0.25, -0.2) is 4.79 Å². The molecular weight excluding hydrogens is 228 g/mol. The highest BCUT2D eigenvalue weighted by molar-refractivity contribution is 5.83. The van der Waals surface area contributed by atoms with Crippen LogP contribution in [0.4, 0.5) is 0 Å². The maximum Gasteiger partial charge on any atom is 0.335 e. The lowest BCUT2D eigenvalue weighted by Crippen LogP contribution is -2.04. The van der Waals surface area contributed by atoms with Gasteiger partial charge in [0.2, 0.25) is 0 Å². The van der Waals surface area contributed by atoms with Crippen LogP contribution in [0.15, 0.2) is 67.3 Å². The van der Waals surface area contributed by atoms with Gasteiger partial charge in [0.15, 0.2) is 11.5 Å². The Kier molecular flexibility index (Phi) is 3.76. The molecule has 0 N–H and O–H groups in total. The number of hydrogen-bond acceptors (Lipinski definition) is 3. The van der Waals surface area contributed by atoms with E-state index >= 15 is 0 Å². The van der Waals surface area contributed by atoms with Gasteiger partial charge in [0, 0.05) is 6.08 Å². The predicted octanol–water partition coefficient (Wildman–Crippen LogP) is 3.57. The Bertz CT molecular complexity index is 547. The van der Waals surface area contributed by atoms with E-state index < -0.39 is 5.97 Å². The maximum absolute atomic E-state index is 11.2. The van der Waals surface area contributed by atoms with E-state index in [4.69, 9.17) is 9.47 Å². The average molecular weight is 240 g/mol. The maximum atomic E-state index is 11.2. The van der Waals surface area contributed by atoms with Crippen molar-refractivity contribution in [1.82, 2.24) is 0 Å². The molecule has 0 aromatic heterocycles. The lowest BCUT2D eigenvalue weighted by atomic mass is 10.3. The zero-order valence-electron chi connectivity index (χ0n) is 9.71. The Balaban J connectivity index is 2.22. The molecule has 90 valence electrons. The van der Waals surface area contributed by atoms with E-state index in [0.29, 0.717) is 17.2 Å². The van der Waals surface area contributed by atoms with Crippen molar-refractivity contribution in [2.75, 3.05) is 0 Å². The third kappa shape index (κ3) is 2.98. The Morgan fingerprint density at radius 3 is 2.22 bits per heavy atom. The van der Waals surface area contributed by atoms with Crippen LogP contribution < -0.4 is 9.47 Å². The minimum absolute atomic E-state index is 0.367. The van der Waals surface area contributed by atoms with Crippen LogP contribution in [-0.2, 0) is 4.79 Å². The van der Waals surface area contributed by atoms with Crippen LogP contribution in [0.1, 0.15) is 0 Å². The topological polar surface area (TPSA) is 35.5 Å². The van der Waals surface area contributed by atoms with Gasteiger partial charge in [-0.2, -0.15) is 0 Å². The van der Waals surface area contributed by atoms with Gasteiger partial charge in [-0.15, -0.1) is 0 Å². The van der Waals surface area contributed by atoms with Crippen LogP contribution in [0.5, 0.6) is 17.2 Å². The van der Waals surface area contributed by atoms with Crippen LogP contribution in [0.2, 0.25) is 0 Å². The van der Waals surface area contributed by atoms with Crippen LogP contribution in [0.25, 0.3) is 0 Å². The molecule has 0 aliphatic rings. The summed E-state index contributed by atoms with van der Waals surface area (Å²) in [4.78, 5) is 11.2. The molecular formula is C15H12O3. The molecule has 0 aliphatic heterocycles. The summed E-state index contributed by atoms with van der Waals surface area (Å²) in [5, 5.41) is 0. The van der Waals surface area contributed by atoms with Crippen molar-refractivity contribution in [2.24, 2.45) is 0 Å². The molecule has 18 heavy (non-hydrogen) atoms. The fourth-order valence-electron chi connectivity index (χ4n) is 1.38. The zero-order chi connectivity index (χ0) is 12.8. The largest absolute Gasteiger partial charge is 0.453 e. The minimum Gasteiger partial charge on any atom is -0.453 e. The molecule has 0 aliphatic carbocycles. The Labute approximate surface area is 105 Å². The quantitative estimate of drug-likeness (QED) is 0.465. The summed E-state index contributed by atoms with van der Waals surface area (Å²) in [6.45, 7) is 3.36. The number of ether oxygens (including phenoxy) is 2. The molecule has 3 heteroatoms. The second-order valence-electron chi connectivity index (χ2n) is 3.49. The first kappa shape index (κ1) is 11.9. The van der Waals surface area contributed by atoms with Crippen molar-refractivity contribution in [3.8, 4) is 17.2 Å². The summed E-state index contributed by atoms with van der Waals surface area (Å²) in [6.07, 6.45) is 1.11. The molecule has 0 spiro atoms. The predicted molar refractivity (Wildman–Crippen MR) is 68.8 cm³/mol. The van der Waals surface area contributed by atoms with E-state index in [0.717, 1.165) is 6.08 Å². The van der Waals surface area contributed by atoms with Crippen LogP contribution in [-0.4, -0.2) is 5.97 Å². The number of hydrogen-bond donors (Lipinski definition) is 0. The number of esters is 1. The SMILES string of the molecule is C=CC(=O)Oc1ccccc1Oc1ccccc1. The molecule has 0 fully saturated rings. The van der Waals surface area contributed by atoms with E-state index in [9.17, 15) is 4.79 Å². The summed E-state index contributed by atoms with van der Waals surface area (Å²) >= 11 is 0. The van der Waals surface area contributed by atoms with Gasteiger partial charge in [-0.3, -0.25) is 0 Å². The van der Waals surface area contributed by atoms with Crippen molar-refractivity contribution in [2.45, 2.75) is 0 Å². The monoisotopic (exact) mass is 240 g/mol. The number of para-hydroxylation sites is 3. The van der Waals surface area contributed by atoms with E-state index in [1.807, 2.05) is 36.4 Å². The van der Waals surface area contributed by atoms with Gasteiger partial charge < -0.3 is 9.47 Å². The molecule has 0 amide bonds. The van der Waals surface area contributed by atoms with Gasteiger partial charge in [-0.05, 0) is 24.3 Å². The first-order chi connectivity index (χ1) is 8.79. The van der Waals surface area contributed by atoms with Crippen molar-refractivity contribution in [1.29, 1.82) is 0 Å². The molecule has 2 aromatic carbocycles. The highest BCUT2D eigenvalue weighted by Crippen LogP contribution is 2.31. The summed E-state index contributed by atoms with van der Waals surface area (Å²) in [5.74, 6) is 1.02. The summed E-state index contributed by atoms with van der Waals surface area (Å²) < 4.78 is 10.7. The normalized spacial score (nSPS) is 9.56. The van der Waals surface area contributed by atoms with Crippen LogP contribution in [0.3, 0.4) is 0 Å². The summed E-state index contributed by atoms with van der Waals surface area (Å²) in [6, 6.07) is 16.3. The molecule has 0 radical (unpaired) electrons. The van der Waals surface area contributed by atoms with E-state index in [-0.39, 0.29) is 0 Å². The first-order valence-corrected chi connectivity index (χ1v) is 5.46. The zero-order valence-corrected chi connectivity index (χ0v) is 9.71. The molecule has 0 saturated heterocycles. The fraction of sp³-hybridized carbons (Fsp3) is 0. The lowest BCUT2D eigenvalue weighted by molar-refractivity contribution is -0.129. The van der Waals surface area contributed by atoms with Gasteiger partial charge in [-0.1, -0.05) is 36.9 Å². The lowest BCUT2D eigenvalue weighted by Gasteiger charge is -2.09. The van der Waals surface area contributed by atoms with Gasteiger partial charge in [0.05, 0.1) is 0 Å². The molecule has 0 unspecified atom stereocenters. The smallest absolute Gasteiger partial charge is 0.335 e. The first-order valence-electron chi connectivity index (χ1n) is 5.46. The Morgan fingerprint density at radius 1 is 0.944 bits per heavy atom. The third-order valence-corrected chi connectivity index (χ3v) is 2.20. The molecule has 0 saturated carbocycles. The number of rotatable bonds is 4. The van der Waals surface area contributed by atoms with Crippen LogP contribution >= 0.6 is 0 Å². The molecule has 2 aromatic rings. The minimum atomic E-state index is -0.515. The highest BCUT2D eigenvalue weighted by Gasteiger charge is 2.08. The molecule has 0 heterocycles. The van der Waals surface area contributed by atoms with E-state index in [2.05, 4.69) is 6.58 Å². The van der Waals surface area contributed by atoms with Gasteiger partial charge in [0.25, 0.3) is 0 Å². The number of carbonyl (C=O) groups is 1. The highest BCUT2D eigenvalue weighted by atomic mass is 16.6. The fourth-order valence-corrected chi connectivity index (χ4v) is 1.38. The Hall–Kier alpha value is -2.55. The van der Waals surface area contributed by atoms with E-state index in [1.165, 1.54) is 0 Å². The van der Waals surface area contributed by atoms with E-state index in [1.54, 1.807) is 18.2 Å². The summed E-state index contributed by atoms with van der Waals surface area (Å²) in [7, 11) is 0. The number of benzene rings is 2. The summed E-state index contributed by atoms with van der Waals surface area (Å²) in [5.41, 5.74) is 0. The Morgan fingerprint density at radius 2 is 1.56 bits per heavy atom. The second-order valence-corrected chi connectivity index (χ2v) is 3.49. The number of carbonyl (C=O) groups excluding carboxylic acids is 1. The van der Waals surface area contributed by atoms with Crippen molar-refractivity contribution < 1.29 is 14.3 Å². The molecule has 0 bridgehead atoms. The second kappa shape index (κ2) is 5.68. The van der Waals surface area contributed by atoms with Crippen molar-refractivity contribution in [3.63, 3.8) is 0 Å². The van der Waals surface area contributed by atoms with Crippen LogP contribution in [0, 0.1) is 0 Å². The molecule has 3 nitrogen and oxygen atoms in total. The molecule has 2 rings (SSSR count). The molecule has 0 atom stereocenters. The third-order valence-electron chi connectivity index (χ3n) is 2.20.